The van der Waals surface area contributed by atoms with Crippen molar-refractivity contribution in [1.82, 2.24) is 15.3 Å². The van der Waals surface area contributed by atoms with Crippen molar-refractivity contribution in [1.29, 1.82) is 0 Å². The zero-order valence-electron chi connectivity index (χ0n) is 10.1. The molecule has 2 aromatic heterocycles. The summed E-state index contributed by atoms with van der Waals surface area (Å²) in [4.78, 5) is 18.5. The predicted octanol–water partition coefficient (Wildman–Crippen LogP) is 1.68. The van der Waals surface area contributed by atoms with Gasteiger partial charge in [0, 0.05) is 31.4 Å². The van der Waals surface area contributed by atoms with E-state index < -0.39 is 0 Å². The first kappa shape index (κ1) is 12.2. The summed E-state index contributed by atoms with van der Waals surface area (Å²) in [5, 5.41) is 2.77. The molecule has 0 bridgehead atoms. The summed E-state index contributed by atoms with van der Waals surface area (Å²) in [6.45, 7) is 2.41. The second-order valence-electron chi connectivity index (χ2n) is 3.86. The molecule has 2 rings (SSSR count). The van der Waals surface area contributed by atoms with Gasteiger partial charge in [-0.2, -0.15) is 0 Å². The molecular formula is C13H15N3O2. The number of amides is 1. The molecule has 0 spiro atoms. The number of nitrogens with one attached hydrogen (secondary N) is 2. The van der Waals surface area contributed by atoms with Crippen LogP contribution in [0.2, 0.25) is 0 Å². The maximum absolute atomic E-state index is 11.5. The maximum Gasteiger partial charge on any atom is 0.244 e. The van der Waals surface area contributed by atoms with E-state index in [0.29, 0.717) is 18.7 Å². The van der Waals surface area contributed by atoms with Crippen molar-refractivity contribution in [2.45, 2.75) is 13.3 Å². The summed E-state index contributed by atoms with van der Waals surface area (Å²) in [5.41, 5.74) is 0. The van der Waals surface area contributed by atoms with Gasteiger partial charge in [-0.25, -0.2) is 4.98 Å². The standard InChI is InChI=1S/C13H15N3O2/c1-10-2-3-11(18-10)4-5-13(17)16-7-6-12-14-8-9-15-12/h2-5,8-9H,6-7H2,1H3,(H,14,15)(H,16,17)/b5-4+. The summed E-state index contributed by atoms with van der Waals surface area (Å²) in [7, 11) is 0. The summed E-state index contributed by atoms with van der Waals surface area (Å²) < 4.78 is 5.32. The molecule has 0 aliphatic carbocycles. The van der Waals surface area contributed by atoms with Crippen molar-refractivity contribution in [3.05, 3.63) is 47.9 Å². The minimum absolute atomic E-state index is 0.143. The first-order valence-corrected chi connectivity index (χ1v) is 5.74. The molecule has 0 aliphatic heterocycles. The van der Waals surface area contributed by atoms with Gasteiger partial charge in [-0.15, -0.1) is 0 Å². The van der Waals surface area contributed by atoms with Crippen molar-refractivity contribution < 1.29 is 9.21 Å². The molecule has 18 heavy (non-hydrogen) atoms. The molecule has 0 radical (unpaired) electrons. The Hall–Kier alpha value is -2.30. The van der Waals surface area contributed by atoms with Crippen LogP contribution >= 0.6 is 0 Å². The van der Waals surface area contributed by atoms with Crippen LogP contribution in [-0.2, 0) is 11.2 Å². The van der Waals surface area contributed by atoms with Gasteiger partial charge in [0.2, 0.25) is 5.91 Å². The van der Waals surface area contributed by atoms with E-state index in [1.54, 1.807) is 18.5 Å². The zero-order chi connectivity index (χ0) is 12.8. The van der Waals surface area contributed by atoms with E-state index >= 15 is 0 Å². The van der Waals surface area contributed by atoms with Gasteiger partial charge in [-0.05, 0) is 25.1 Å². The van der Waals surface area contributed by atoms with Crippen molar-refractivity contribution in [2.75, 3.05) is 6.54 Å². The Bertz CT molecular complexity index is 526. The molecule has 0 fully saturated rings. The first-order chi connectivity index (χ1) is 8.74. The van der Waals surface area contributed by atoms with E-state index in [1.807, 2.05) is 19.1 Å². The topological polar surface area (TPSA) is 70.9 Å². The van der Waals surface area contributed by atoms with Crippen LogP contribution in [0.5, 0.6) is 0 Å². The minimum atomic E-state index is -0.143. The number of hydrogen-bond acceptors (Lipinski definition) is 3. The van der Waals surface area contributed by atoms with Crippen molar-refractivity contribution in [3.63, 3.8) is 0 Å². The number of furan rings is 1. The molecule has 5 heteroatoms. The molecule has 0 unspecified atom stereocenters. The minimum Gasteiger partial charge on any atom is -0.462 e. The Morgan fingerprint density at radius 2 is 2.44 bits per heavy atom. The first-order valence-electron chi connectivity index (χ1n) is 5.74. The van der Waals surface area contributed by atoms with Gasteiger partial charge in [-0.3, -0.25) is 4.79 Å². The SMILES string of the molecule is Cc1ccc(/C=C/C(=O)NCCc2ncc[nH]2)o1. The van der Waals surface area contributed by atoms with Gasteiger partial charge in [0.1, 0.15) is 17.3 Å². The summed E-state index contributed by atoms with van der Waals surface area (Å²) in [6, 6.07) is 3.68. The van der Waals surface area contributed by atoms with E-state index in [9.17, 15) is 4.79 Å². The molecule has 0 saturated carbocycles. The van der Waals surface area contributed by atoms with Gasteiger partial charge >= 0.3 is 0 Å². The lowest BCUT2D eigenvalue weighted by atomic mass is 10.3. The van der Waals surface area contributed by atoms with Crippen LogP contribution in [0.25, 0.3) is 6.08 Å². The third-order valence-electron chi connectivity index (χ3n) is 2.38. The molecule has 0 atom stereocenters. The average Bonchev–Trinajstić information content (AvgIpc) is 2.98. The highest BCUT2D eigenvalue weighted by atomic mass is 16.3. The Morgan fingerprint density at radius 1 is 1.56 bits per heavy atom. The molecule has 94 valence electrons. The number of H-pyrrole nitrogens is 1. The van der Waals surface area contributed by atoms with Crippen LogP contribution in [0.3, 0.4) is 0 Å². The molecule has 0 aliphatic rings. The molecule has 0 aromatic carbocycles. The quantitative estimate of drug-likeness (QED) is 0.787. The van der Waals surface area contributed by atoms with Crippen LogP contribution < -0.4 is 5.32 Å². The van der Waals surface area contributed by atoms with Gasteiger partial charge in [0.15, 0.2) is 0 Å². The molecular weight excluding hydrogens is 230 g/mol. The third-order valence-corrected chi connectivity index (χ3v) is 2.38. The molecule has 2 aromatic rings. The number of imidazole rings is 1. The predicted molar refractivity (Wildman–Crippen MR) is 67.8 cm³/mol. The molecule has 0 saturated heterocycles. The third kappa shape index (κ3) is 3.62. The fourth-order valence-corrected chi connectivity index (χ4v) is 1.50. The smallest absolute Gasteiger partial charge is 0.244 e. The molecule has 1 amide bonds. The second-order valence-corrected chi connectivity index (χ2v) is 3.86. The number of nitrogens with zero attached hydrogens (tertiary/aromatic N) is 1. The van der Waals surface area contributed by atoms with Gasteiger partial charge in [0.05, 0.1) is 0 Å². The van der Waals surface area contributed by atoms with E-state index in [1.165, 1.54) is 6.08 Å². The second kappa shape index (κ2) is 5.86. The van der Waals surface area contributed by atoms with E-state index in [0.717, 1.165) is 11.6 Å². The summed E-state index contributed by atoms with van der Waals surface area (Å²) >= 11 is 0. The number of aromatic amines is 1. The Morgan fingerprint density at radius 3 is 3.11 bits per heavy atom. The van der Waals surface area contributed by atoms with Gasteiger partial charge in [0.25, 0.3) is 0 Å². The number of hydrogen-bond donors (Lipinski definition) is 2. The highest BCUT2D eigenvalue weighted by molar-refractivity contribution is 5.91. The van der Waals surface area contributed by atoms with Gasteiger partial charge < -0.3 is 14.7 Å². The number of aryl methyl sites for hydroxylation is 1. The highest BCUT2D eigenvalue weighted by Gasteiger charge is 1.98. The van der Waals surface area contributed by atoms with Crippen molar-refractivity contribution >= 4 is 12.0 Å². The average molecular weight is 245 g/mol. The summed E-state index contributed by atoms with van der Waals surface area (Å²) in [5.74, 6) is 2.22. The van der Waals surface area contributed by atoms with E-state index in [2.05, 4.69) is 15.3 Å². The van der Waals surface area contributed by atoms with Crippen LogP contribution in [-0.4, -0.2) is 22.4 Å². The summed E-state index contributed by atoms with van der Waals surface area (Å²) in [6.07, 6.45) is 7.24. The number of aromatic nitrogens is 2. The molecule has 2 heterocycles. The Kier molecular flexibility index (Phi) is 3.96. The number of rotatable bonds is 5. The largest absolute Gasteiger partial charge is 0.462 e. The zero-order valence-corrected chi connectivity index (χ0v) is 10.1. The highest BCUT2D eigenvalue weighted by Crippen LogP contribution is 2.07. The van der Waals surface area contributed by atoms with E-state index in [-0.39, 0.29) is 5.91 Å². The van der Waals surface area contributed by atoms with Crippen LogP contribution in [0.4, 0.5) is 0 Å². The lowest BCUT2D eigenvalue weighted by Crippen LogP contribution is -2.23. The maximum atomic E-state index is 11.5. The Balaban J connectivity index is 1.73. The van der Waals surface area contributed by atoms with Crippen molar-refractivity contribution in [3.8, 4) is 0 Å². The monoisotopic (exact) mass is 245 g/mol. The van der Waals surface area contributed by atoms with Crippen LogP contribution in [0, 0.1) is 6.92 Å². The fourth-order valence-electron chi connectivity index (χ4n) is 1.50. The fraction of sp³-hybridized carbons (Fsp3) is 0.231. The number of carbonyl (C=O) groups excluding carboxylic acids is 1. The molecule has 2 N–H and O–H groups in total. The van der Waals surface area contributed by atoms with Crippen LogP contribution in [0.15, 0.2) is 35.0 Å². The Labute approximate surface area is 105 Å². The lowest BCUT2D eigenvalue weighted by Gasteiger charge is -1.99. The van der Waals surface area contributed by atoms with Gasteiger partial charge in [-0.1, -0.05) is 0 Å². The lowest BCUT2D eigenvalue weighted by molar-refractivity contribution is -0.116. The van der Waals surface area contributed by atoms with E-state index in [4.69, 9.17) is 4.42 Å². The molecule has 5 nitrogen and oxygen atoms in total. The number of carbonyl (C=O) groups is 1. The van der Waals surface area contributed by atoms with Crippen molar-refractivity contribution in [2.24, 2.45) is 0 Å². The normalized spacial score (nSPS) is 10.9. The van der Waals surface area contributed by atoms with Crippen LogP contribution in [0.1, 0.15) is 17.3 Å².